The minimum atomic E-state index is -0.426. The summed E-state index contributed by atoms with van der Waals surface area (Å²) < 4.78 is 0. The van der Waals surface area contributed by atoms with Crippen LogP contribution < -0.4 is 0 Å². The molecule has 1 aliphatic heterocycles. The van der Waals surface area contributed by atoms with Gasteiger partial charge in [-0.1, -0.05) is 0 Å². The summed E-state index contributed by atoms with van der Waals surface area (Å²) >= 11 is 0. The van der Waals surface area contributed by atoms with Crippen molar-refractivity contribution in [2.45, 2.75) is 18.8 Å². The predicted molar refractivity (Wildman–Crippen MR) is 29.3 cm³/mol. The molecule has 1 heterocycles. The van der Waals surface area contributed by atoms with Crippen molar-refractivity contribution in [1.82, 2.24) is 4.90 Å². The van der Waals surface area contributed by atoms with Gasteiger partial charge in [-0.3, -0.25) is 4.90 Å². The third-order valence-corrected chi connectivity index (χ3v) is 1.49. The first-order valence-corrected chi connectivity index (χ1v) is 2.76. The molecule has 2 N–H and O–H groups in total. The molecule has 0 aromatic carbocycles. The molecular weight excluding hydrogens is 106 g/mol. The van der Waals surface area contributed by atoms with Crippen LogP contribution in [0.2, 0.25) is 0 Å². The molecule has 48 valence electrons. The predicted octanol–water partition coefficient (Wildman–Crippen LogP) is -0.999. The minimum absolute atomic E-state index is 0.324. The lowest BCUT2D eigenvalue weighted by atomic mass is 10.3. The lowest BCUT2D eigenvalue weighted by Gasteiger charge is -2.10. The second kappa shape index (κ2) is 2.01. The van der Waals surface area contributed by atoms with Crippen molar-refractivity contribution in [2.24, 2.45) is 0 Å². The van der Waals surface area contributed by atoms with Gasteiger partial charge in [0.15, 0.2) is 0 Å². The fourth-order valence-electron chi connectivity index (χ4n) is 0.952. The van der Waals surface area contributed by atoms with Crippen LogP contribution in [0.4, 0.5) is 0 Å². The summed E-state index contributed by atoms with van der Waals surface area (Å²) in [4.78, 5) is 1.73. The molecule has 1 aliphatic rings. The van der Waals surface area contributed by atoms with Crippen molar-refractivity contribution < 1.29 is 10.2 Å². The SMILES string of the molecule is CN1C[C@@H](O)C[C@@H]1O. The smallest absolute Gasteiger partial charge is 0.109 e. The largest absolute Gasteiger partial charge is 0.392 e. The highest BCUT2D eigenvalue weighted by Gasteiger charge is 2.25. The normalized spacial score (nSPS) is 40.9. The van der Waals surface area contributed by atoms with E-state index in [1.807, 2.05) is 0 Å². The summed E-state index contributed by atoms with van der Waals surface area (Å²) in [5, 5.41) is 17.8. The number of rotatable bonds is 0. The molecule has 0 bridgehead atoms. The van der Waals surface area contributed by atoms with E-state index in [0.717, 1.165) is 0 Å². The zero-order chi connectivity index (χ0) is 6.15. The van der Waals surface area contributed by atoms with Gasteiger partial charge in [0.05, 0.1) is 6.10 Å². The summed E-state index contributed by atoms with van der Waals surface area (Å²) in [6, 6.07) is 0. The van der Waals surface area contributed by atoms with Crippen molar-refractivity contribution >= 4 is 0 Å². The summed E-state index contributed by atoms with van der Waals surface area (Å²) in [7, 11) is 1.79. The average molecular weight is 117 g/mol. The number of hydrogen-bond donors (Lipinski definition) is 2. The van der Waals surface area contributed by atoms with Gasteiger partial charge in [0.25, 0.3) is 0 Å². The maximum Gasteiger partial charge on any atom is 0.109 e. The summed E-state index contributed by atoms with van der Waals surface area (Å²) in [6.07, 6.45) is -0.253. The Morgan fingerprint density at radius 2 is 2.12 bits per heavy atom. The Bertz CT molecular complexity index is 76.5. The van der Waals surface area contributed by atoms with Gasteiger partial charge < -0.3 is 10.2 Å². The second-order valence-electron chi connectivity index (χ2n) is 2.31. The van der Waals surface area contributed by atoms with E-state index in [1.165, 1.54) is 0 Å². The molecular formula is C5H11NO2. The van der Waals surface area contributed by atoms with E-state index >= 15 is 0 Å². The summed E-state index contributed by atoms with van der Waals surface area (Å²) in [5.41, 5.74) is 0. The van der Waals surface area contributed by atoms with Gasteiger partial charge in [0.1, 0.15) is 6.23 Å². The molecule has 0 amide bonds. The molecule has 3 heteroatoms. The molecule has 1 fully saturated rings. The van der Waals surface area contributed by atoms with Crippen molar-refractivity contribution in [1.29, 1.82) is 0 Å². The maximum absolute atomic E-state index is 8.93. The van der Waals surface area contributed by atoms with Crippen molar-refractivity contribution in [3.8, 4) is 0 Å². The lowest BCUT2D eigenvalue weighted by Crippen LogP contribution is -2.24. The Hall–Kier alpha value is -0.120. The number of likely N-dealkylation sites (tertiary alicyclic amines) is 1. The van der Waals surface area contributed by atoms with Crippen LogP contribution >= 0.6 is 0 Å². The number of likely N-dealkylation sites (N-methyl/N-ethyl adjacent to an activating group) is 1. The van der Waals surface area contributed by atoms with Crippen molar-refractivity contribution in [3.63, 3.8) is 0 Å². The average Bonchev–Trinajstić information content (AvgIpc) is 1.85. The Morgan fingerprint density at radius 1 is 1.50 bits per heavy atom. The van der Waals surface area contributed by atoms with Crippen LogP contribution in [0, 0.1) is 0 Å². The van der Waals surface area contributed by atoms with Gasteiger partial charge in [-0.25, -0.2) is 0 Å². The van der Waals surface area contributed by atoms with E-state index in [4.69, 9.17) is 10.2 Å². The lowest BCUT2D eigenvalue weighted by molar-refractivity contribution is 0.0564. The molecule has 0 unspecified atom stereocenters. The molecule has 0 aromatic heterocycles. The number of aliphatic hydroxyl groups is 2. The number of hydrogen-bond acceptors (Lipinski definition) is 3. The fraction of sp³-hybridized carbons (Fsp3) is 1.00. The first kappa shape index (κ1) is 6.01. The highest BCUT2D eigenvalue weighted by molar-refractivity contribution is 4.74. The number of aliphatic hydroxyl groups excluding tert-OH is 2. The van der Waals surface area contributed by atoms with E-state index in [-0.39, 0.29) is 6.10 Å². The van der Waals surface area contributed by atoms with Crippen LogP contribution in [0.5, 0.6) is 0 Å². The van der Waals surface area contributed by atoms with Gasteiger partial charge in [-0.05, 0) is 7.05 Å². The van der Waals surface area contributed by atoms with E-state index < -0.39 is 6.23 Å². The molecule has 0 aromatic rings. The van der Waals surface area contributed by atoms with Crippen molar-refractivity contribution in [2.75, 3.05) is 13.6 Å². The first-order valence-electron chi connectivity index (χ1n) is 2.76. The van der Waals surface area contributed by atoms with Crippen LogP contribution in [0.15, 0.2) is 0 Å². The third-order valence-electron chi connectivity index (χ3n) is 1.49. The molecule has 3 nitrogen and oxygen atoms in total. The van der Waals surface area contributed by atoms with Crippen LogP contribution in [0.1, 0.15) is 6.42 Å². The van der Waals surface area contributed by atoms with E-state index in [0.29, 0.717) is 13.0 Å². The molecule has 1 saturated heterocycles. The van der Waals surface area contributed by atoms with Crippen LogP contribution in [-0.2, 0) is 0 Å². The second-order valence-corrected chi connectivity index (χ2v) is 2.31. The van der Waals surface area contributed by atoms with Gasteiger partial charge in [-0.15, -0.1) is 0 Å². The zero-order valence-electron chi connectivity index (χ0n) is 4.91. The third kappa shape index (κ3) is 0.992. The Morgan fingerprint density at radius 3 is 2.25 bits per heavy atom. The Balaban J connectivity index is 2.39. The fourth-order valence-corrected chi connectivity index (χ4v) is 0.952. The molecule has 0 saturated carbocycles. The summed E-state index contributed by atoms with van der Waals surface area (Å²) in [5.74, 6) is 0. The highest BCUT2D eigenvalue weighted by Crippen LogP contribution is 2.11. The van der Waals surface area contributed by atoms with E-state index in [9.17, 15) is 0 Å². The molecule has 0 spiro atoms. The van der Waals surface area contributed by atoms with Crippen LogP contribution in [-0.4, -0.2) is 41.0 Å². The number of β-amino-alcohol motifs (C(OH)–C–C–N with tert-alkyl or cyclic N) is 1. The molecule has 1 rings (SSSR count). The maximum atomic E-state index is 8.93. The molecule has 2 atom stereocenters. The van der Waals surface area contributed by atoms with Crippen LogP contribution in [0.3, 0.4) is 0 Å². The van der Waals surface area contributed by atoms with Gasteiger partial charge >= 0.3 is 0 Å². The number of nitrogens with zero attached hydrogens (tertiary/aromatic N) is 1. The molecule has 0 aliphatic carbocycles. The molecule has 8 heavy (non-hydrogen) atoms. The van der Waals surface area contributed by atoms with Gasteiger partial charge in [0.2, 0.25) is 0 Å². The van der Waals surface area contributed by atoms with Crippen LogP contribution in [0.25, 0.3) is 0 Å². The quantitative estimate of drug-likeness (QED) is 0.428. The standard InChI is InChI=1S/C5H11NO2/c1-6-3-4(7)2-5(6)8/h4-5,7-8H,2-3H2,1H3/t4-,5-/m0/s1. The minimum Gasteiger partial charge on any atom is -0.392 e. The van der Waals surface area contributed by atoms with Gasteiger partial charge in [0, 0.05) is 13.0 Å². The highest BCUT2D eigenvalue weighted by atomic mass is 16.3. The van der Waals surface area contributed by atoms with Gasteiger partial charge in [-0.2, -0.15) is 0 Å². The van der Waals surface area contributed by atoms with E-state index in [2.05, 4.69) is 0 Å². The Kier molecular flexibility index (Phi) is 1.51. The first-order chi connectivity index (χ1) is 3.70. The summed E-state index contributed by atoms with van der Waals surface area (Å²) in [6.45, 7) is 0.598. The topological polar surface area (TPSA) is 43.7 Å². The monoisotopic (exact) mass is 117 g/mol. The Labute approximate surface area is 48.5 Å². The zero-order valence-corrected chi connectivity index (χ0v) is 4.91. The molecule has 0 radical (unpaired) electrons. The van der Waals surface area contributed by atoms with E-state index in [1.54, 1.807) is 11.9 Å². The van der Waals surface area contributed by atoms with Crippen molar-refractivity contribution in [3.05, 3.63) is 0 Å².